The van der Waals surface area contributed by atoms with Crippen LogP contribution in [0.25, 0.3) is 87.6 Å². The van der Waals surface area contributed by atoms with Gasteiger partial charge in [0.2, 0.25) is 57.5 Å². The second-order valence-electron chi connectivity index (χ2n) is 14.9. The number of phenols is 25. The molecule has 0 amide bonds. The van der Waals surface area contributed by atoms with Crippen molar-refractivity contribution in [3.8, 4) is 177 Å². The number of benzene rings is 8. The van der Waals surface area contributed by atoms with Crippen LogP contribution in [0, 0.1) is 0 Å². The molecule has 1 aromatic heterocycles. The minimum Gasteiger partial charge on any atom is -0.506 e. The maximum absolute atomic E-state index is 12.2. The molecule has 0 aliphatic rings. The summed E-state index contributed by atoms with van der Waals surface area (Å²) in [5.74, 6) is -39.4. The molecule has 0 radical (unpaired) electrons. The summed E-state index contributed by atoms with van der Waals surface area (Å²) < 4.78 is 5.45. The van der Waals surface area contributed by atoms with E-state index in [1.165, 1.54) is 0 Å². The molecule has 26 nitrogen and oxygen atoms in total. The molecule has 0 aliphatic heterocycles. The van der Waals surface area contributed by atoms with Crippen molar-refractivity contribution in [3.63, 3.8) is 0 Å². The molecule has 9 aromatic rings. The number of phenolic OH excluding ortho intramolecular Hbond substituents is 25. The zero-order valence-corrected chi connectivity index (χ0v) is 32.7. The summed E-state index contributed by atoms with van der Waals surface area (Å²) in [4.78, 5) is 0. The van der Waals surface area contributed by atoms with Crippen molar-refractivity contribution in [3.05, 3.63) is 6.07 Å². The summed E-state index contributed by atoms with van der Waals surface area (Å²) in [6.07, 6.45) is 0. The first-order valence-corrected chi connectivity index (χ1v) is 18.3. The van der Waals surface area contributed by atoms with E-state index in [1.54, 1.807) is 0 Å². The average molecular weight is 947 g/mol. The Kier molecular flexibility index (Phi) is 8.27. The van der Waals surface area contributed by atoms with Crippen LogP contribution in [0.1, 0.15) is 0 Å². The fourth-order valence-electron chi connectivity index (χ4n) is 8.45. The van der Waals surface area contributed by atoms with Gasteiger partial charge in [0, 0.05) is 38.2 Å². The quantitative estimate of drug-likeness (QED) is 0.0649. The topological polar surface area (TPSA) is 519 Å². The van der Waals surface area contributed by atoms with Gasteiger partial charge < -0.3 is 132 Å². The van der Waals surface area contributed by atoms with Crippen LogP contribution in [-0.4, -0.2) is 128 Å². The predicted molar refractivity (Wildman–Crippen MR) is 224 cm³/mol. The largest absolute Gasteiger partial charge is 0.506 e. The van der Waals surface area contributed by atoms with Crippen molar-refractivity contribution >= 4 is 54.3 Å². The highest BCUT2D eigenvalue weighted by Gasteiger charge is 2.40. The molecule has 26 heteroatoms. The summed E-state index contributed by atoms with van der Waals surface area (Å²) in [7, 11) is 0. The number of fused-ring (bicyclic) bond motifs is 6. The molecule has 0 spiro atoms. The highest BCUT2D eigenvalue weighted by atomic mass is 16.4. The second kappa shape index (κ2) is 13.2. The van der Waals surface area contributed by atoms with Crippen molar-refractivity contribution in [2.45, 2.75) is 0 Å². The van der Waals surface area contributed by atoms with E-state index in [-0.39, 0.29) is 0 Å². The van der Waals surface area contributed by atoms with Crippen molar-refractivity contribution < 1.29 is 132 Å². The summed E-state index contributed by atoms with van der Waals surface area (Å²) in [5.41, 5.74) is -10.1. The standard InChI is InChI=1S/C42H26O26/c43-3-1-2(4-21(48)31(58)39(66)32(59)22(4)49)17(44)11(18(3)45)5-7-9(25(52)35(62)33(60)23(7)50)6(10-8(5)24(51)34(61)36(63)26(10)53)12-19(46)16-15-20(47)13-14(28(55)38(65)37(64)27(13)54)30(57)41(15)68-42(16)40(67)29(12)56/h1,43-67H. The van der Waals surface area contributed by atoms with Crippen molar-refractivity contribution in [1.29, 1.82) is 0 Å². The summed E-state index contributed by atoms with van der Waals surface area (Å²) in [6.45, 7) is 0. The second-order valence-corrected chi connectivity index (χ2v) is 14.9. The molecule has 0 bridgehead atoms. The van der Waals surface area contributed by atoms with Crippen LogP contribution in [0.3, 0.4) is 0 Å². The van der Waals surface area contributed by atoms with Crippen LogP contribution >= 0.6 is 0 Å². The van der Waals surface area contributed by atoms with Crippen molar-refractivity contribution in [2.75, 3.05) is 0 Å². The summed E-state index contributed by atoms with van der Waals surface area (Å²) >= 11 is 0. The van der Waals surface area contributed by atoms with E-state index in [0.717, 1.165) is 0 Å². The van der Waals surface area contributed by atoms with Gasteiger partial charge in [-0.3, -0.25) is 0 Å². The average Bonchev–Trinajstić information content (AvgIpc) is 3.72. The zero-order valence-electron chi connectivity index (χ0n) is 32.7. The molecule has 0 aliphatic carbocycles. The minimum absolute atomic E-state index is 0.337. The SMILES string of the molecule is Oc1cc(-c2c(O)c(O)c(O)c(O)c2O)c(O)c(-c2c3c(O)c(O)c(O)c(O)c3c(-c3c(O)c(O)c4oc5c(O)c6c(O)c(O)c(O)c(O)c6c(O)c5c4c3O)c3c(O)c(O)c(O)c(O)c23)c1O. The van der Waals surface area contributed by atoms with E-state index in [1.807, 2.05) is 0 Å². The first kappa shape index (κ1) is 42.6. The van der Waals surface area contributed by atoms with E-state index in [2.05, 4.69) is 0 Å². The molecule has 0 atom stereocenters. The lowest BCUT2D eigenvalue weighted by atomic mass is 9.81. The molecule has 25 N–H and O–H groups in total. The van der Waals surface area contributed by atoms with Gasteiger partial charge in [-0.05, 0) is 6.07 Å². The zero-order chi connectivity index (χ0) is 50.1. The highest BCUT2D eigenvalue weighted by Crippen LogP contribution is 2.68. The lowest BCUT2D eigenvalue weighted by Gasteiger charge is -2.24. The fourth-order valence-corrected chi connectivity index (χ4v) is 8.45. The third-order valence-electron chi connectivity index (χ3n) is 11.6. The van der Waals surface area contributed by atoms with Crippen LogP contribution in [-0.2, 0) is 0 Å². The number of rotatable bonds is 3. The van der Waals surface area contributed by atoms with Gasteiger partial charge in [0.25, 0.3) is 0 Å². The van der Waals surface area contributed by atoms with Crippen LogP contribution in [0.2, 0.25) is 0 Å². The monoisotopic (exact) mass is 946 g/mol. The maximum Gasteiger partial charge on any atom is 0.208 e. The van der Waals surface area contributed by atoms with Gasteiger partial charge in [0.1, 0.15) is 17.2 Å². The molecule has 0 saturated heterocycles. The fraction of sp³-hybridized carbons (Fsp3) is 0. The molecular weight excluding hydrogens is 920 g/mol. The van der Waals surface area contributed by atoms with Crippen molar-refractivity contribution in [2.24, 2.45) is 0 Å². The Morgan fingerprint density at radius 2 is 0.485 bits per heavy atom. The van der Waals surface area contributed by atoms with Gasteiger partial charge in [0.15, 0.2) is 80.2 Å². The van der Waals surface area contributed by atoms with Crippen LogP contribution in [0.4, 0.5) is 0 Å². The first-order valence-electron chi connectivity index (χ1n) is 18.3. The lowest BCUT2D eigenvalue weighted by molar-refractivity contribution is 0.329. The number of hydrogen-bond acceptors (Lipinski definition) is 26. The van der Waals surface area contributed by atoms with Gasteiger partial charge >= 0.3 is 0 Å². The smallest absolute Gasteiger partial charge is 0.208 e. The Morgan fingerprint density at radius 1 is 0.191 bits per heavy atom. The van der Waals surface area contributed by atoms with E-state index >= 15 is 0 Å². The Morgan fingerprint density at radius 3 is 0.897 bits per heavy atom. The molecule has 0 fully saturated rings. The van der Waals surface area contributed by atoms with Gasteiger partial charge in [-0.1, -0.05) is 0 Å². The van der Waals surface area contributed by atoms with E-state index in [0.29, 0.717) is 6.07 Å². The van der Waals surface area contributed by atoms with E-state index < -0.39 is 231 Å². The summed E-state index contributed by atoms with van der Waals surface area (Å²) in [5, 5.41) is 268. The highest BCUT2D eigenvalue weighted by molar-refractivity contribution is 6.32. The molecule has 0 saturated carbocycles. The molecule has 1 heterocycles. The van der Waals surface area contributed by atoms with E-state index in [9.17, 15) is 128 Å². The van der Waals surface area contributed by atoms with E-state index in [4.69, 9.17) is 4.42 Å². The van der Waals surface area contributed by atoms with Crippen LogP contribution < -0.4 is 0 Å². The Balaban J connectivity index is 1.59. The third-order valence-corrected chi connectivity index (χ3v) is 11.6. The lowest BCUT2D eigenvalue weighted by Crippen LogP contribution is -1.97. The predicted octanol–water partition coefficient (Wildman–Crippen LogP) is 4.69. The molecule has 68 heavy (non-hydrogen) atoms. The molecule has 0 unspecified atom stereocenters. The minimum atomic E-state index is -1.73. The molecule has 350 valence electrons. The summed E-state index contributed by atoms with van der Waals surface area (Å²) in [6, 6.07) is 0.337. The normalized spacial score (nSPS) is 11.8. The van der Waals surface area contributed by atoms with Gasteiger partial charge in [-0.2, -0.15) is 0 Å². The number of hydrogen-bond donors (Lipinski definition) is 25. The Labute approximate surface area is 369 Å². The Bertz CT molecular complexity index is 3790. The molecule has 8 aromatic carbocycles. The maximum atomic E-state index is 12.2. The van der Waals surface area contributed by atoms with Gasteiger partial charge in [0.05, 0.1) is 38.2 Å². The third kappa shape index (κ3) is 4.76. The Hall–Kier alpha value is -10.7. The molecular formula is C42H26O26. The van der Waals surface area contributed by atoms with Crippen molar-refractivity contribution in [1.82, 2.24) is 0 Å². The number of aromatic hydroxyl groups is 25. The van der Waals surface area contributed by atoms with Gasteiger partial charge in [-0.25, -0.2) is 0 Å². The van der Waals surface area contributed by atoms with Crippen LogP contribution in [0.5, 0.6) is 144 Å². The first-order chi connectivity index (χ1) is 31.7. The molecule has 9 rings (SSSR count). The van der Waals surface area contributed by atoms with Crippen LogP contribution in [0.15, 0.2) is 10.5 Å². The number of furan rings is 1. The van der Waals surface area contributed by atoms with Gasteiger partial charge in [-0.15, -0.1) is 0 Å².